The number of likely N-dealkylation sites (N-methyl/N-ethyl adjacent to an activating group) is 1. The van der Waals surface area contributed by atoms with Crippen molar-refractivity contribution in [1.29, 1.82) is 0 Å². The molecule has 1 aromatic rings. The van der Waals surface area contributed by atoms with Crippen LogP contribution in [0.25, 0.3) is 0 Å². The minimum absolute atomic E-state index is 0.204. The van der Waals surface area contributed by atoms with Crippen molar-refractivity contribution in [3.05, 3.63) is 18.0 Å². The quantitative estimate of drug-likeness (QED) is 0.745. The highest BCUT2D eigenvalue weighted by molar-refractivity contribution is 5.82. The molecule has 1 aromatic heterocycles. The molecule has 2 atom stereocenters. The number of hydrogen-bond donors (Lipinski definition) is 1. The molecule has 1 N–H and O–H groups in total. The summed E-state index contributed by atoms with van der Waals surface area (Å²) in [5.74, 6) is -1.32. The Morgan fingerprint density at radius 1 is 1.59 bits per heavy atom. The molecule has 0 radical (unpaired) electrons. The van der Waals surface area contributed by atoms with Gasteiger partial charge in [-0.2, -0.15) is 5.10 Å². The van der Waals surface area contributed by atoms with Gasteiger partial charge in [-0.15, -0.1) is 0 Å². The Kier molecular flexibility index (Phi) is 2.84. The van der Waals surface area contributed by atoms with Crippen LogP contribution in [0, 0.1) is 0 Å². The number of ether oxygens (including phenoxy) is 1. The van der Waals surface area contributed by atoms with E-state index >= 15 is 0 Å². The predicted octanol–water partition coefficient (Wildman–Crippen LogP) is -0.597. The van der Waals surface area contributed by atoms with Crippen LogP contribution in [0.2, 0.25) is 0 Å². The molecule has 7 nitrogen and oxygen atoms in total. The molecule has 1 aliphatic heterocycles. The third-order valence-electron chi connectivity index (χ3n) is 2.79. The van der Waals surface area contributed by atoms with E-state index in [2.05, 4.69) is 5.10 Å². The van der Waals surface area contributed by atoms with Gasteiger partial charge < -0.3 is 14.7 Å². The topological polar surface area (TPSA) is 84.7 Å². The number of amides is 1. The molecule has 2 rings (SSSR count). The van der Waals surface area contributed by atoms with E-state index in [1.807, 2.05) is 0 Å². The number of carboxylic acids is 1. The van der Waals surface area contributed by atoms with Crippen LogP contribution in [0.15, 0.2) is 12.4 Å². The van der Waals surface area contributed by atoms with E-state index in [1.165, 1.54) is 4.90 Å². The molecule has 0 aliphatic carbocycles. The second-order valence-corrected chi connectivity index (χ2v) is 3.97. The number of carboxylic acid groups (broad SMARTS) is 1. The number of carbonyl (C=O) groups is 2. The van der Waals surface area contributed by atoms with Gasteiger partial charge in [-0.3, -0.25) is 9.48 Å². The number of rotatable bonds is 2. The fourth-order valence-corrected chi connectivity index (χ4v) is 1.91. The number of hydrogen-bond acceptors (Lipinski definition) is 4. The molecule has 0 aromatic carbocycles. The molecule has 0 saturated carbocycles. The van der Waals surface area contributed by atoms with Gasteiger partial charge in [0.05, 0.1) is 12.2 Å². The number of morpholine rings is 1. The molecule has 2 heterocycles. The number of aromatic nitrogens is 2. The zero-order valence-corrected chi connectivity index (χ0v) is 9.53. The Labute approximate surface area is 97.6 Å². The minimum atomic E-state index is -1.08. The second-order valence-electron chi connectivity index (χ2n) is 3.97. The van der Waals surface area contributed by atoms with Crippen molar-refractivity contribution in [3.63, 3.8) is 0 Å². The Morgan fingerprint density at radius 2 is 2.29 bits per heavy atom. The van der Waals surface area contributed by atoms with Gasteiger partial charge in [-0.1, -0.05) is 0 Å². The van der Waals surface area contributed by atoms with Gasteiger partial charge in [0.25, 0.3) is 0 Å². The summed E-state index contributed by atoms with van der Waals surface area (Å²) in [4.78, 5) is 24.0. The lowest BCUT2D eigenvalue weighted by Crippen LogP contribution is -2.49. The first kappa shape index (κ1) is 11.6. The smallest absolute Gasteiger partial charge is 0.335 e. The number of carbonyl (C=O) groups excluding carboxylic acids is 1. The summed E-state index contributed by atoms with van der Waals surface area (Å²) in [5.41, 5.74) is 0.649. The molecule has 1 aliphatic rings. The lowest BCUT2D eigenvalue weighted by molar-refractivity contribution is -0.171. The van der Waals surface area contributed by atoms with Crippen molar-refractivity contribution in [3.8, 4) is 0 Å². The van der Waals surface area contributed by atoms with E-state index in [4.69, 9.17) is 9.84 Å². The Morgan fingerprint density at radius 3 is 2.82 bits per heavy atom. The van der Waals surface area contributed by atoms with E-state index in [0.717, 1.165) is 0 Å². The number of aryl methyl sites for hydroxylation is 1. The average molecular weight is 239 g/mol. The van der Waals surface area contributed by atoms with Gasteiger partial charge in [-0.05, 0) is 0 Å². The highest BCUT2D eigenvalue weighted by Gasteiger charge is 2.40. The largest absolute Gasteiger partial charge is 0.479 e. The third kappa shape index (κ3) is 2.01. The minimum Gasteiger partial charge on any atom is -0.479 e. The molecule has 0 bridgehead atoms. The molecule has 0 unspecified atom stereocenters. The van der Waals surface area contributed by atoms with Crippen LogP contribution in [-0.2, 0) is 21.4 Å². The van der Waals surface area contributed by atoms with Gasteiger partial charge in [-0.25, -0.2) is 4.79 Å². The lowest BCUT2D eigenvalue weighted by atomic mass is 10.0. The SMILES string of the molecule is CN1C(=O)CO[C@@H](C(=O)O)[C@H]1c1cnn(C)c1. The van der Waals surface area contributed by atoms with Gasteiger partial charge in [0.2, 0.25) is 5.91 Å². The van der Waals surface area contributed by atoms with E-state index in [-0.39, 0.29) is 12.5 Å². The van der Waals surface area contributed by atoms with Crippen molar-refractivity contribution in [1.82, 2.24) is 14.7 Å². The fourth-order valence-electron chi connectivity index (χ4n) is 1.91. The van der Waals surface area contributed by atoms with Crippen molar-refractivity contribution < 1.29 is 19.4 Å². The van der Waals surface area contributed by atoms with Gasteiger partial charge in [0.1, 0.15) is 6.61 Å². The zero-order chi connectivity index (χ0) is 12.6. The number of aliphatic carboxylic acids is 1. The molecular weight excluding hydrogens is 226 g/mol. The third-order valence-corrected chi connectivity index (χ3v) is 2.79. The molecule has 1 fully saturated rings. The highest BCUT2D eigenvalue weighted by atomic mass is 16.5. The maximum absolute atomic E-state index is 11.5. The Balaban J connectivity index is 2.36. The normalized spacial score (nSPS) is 25.1. The summed E-state index contributed by atoms with van der Waals surface area (Å²) in [7, 11) is 3.29. The summed E-state index contributed by atoms with van der Waals surface area (Å²) in [6.45, 7) is -0.204. The Hall–Kier alpha value is -1.89. The Bertz CT molecular complexity index is 456. The van der Waals surface area contributed by atoms with Gasteiger partial charge in [0.15, 0.2) is 6.10 Å². The van der Waals surface area contributed by atoms with Crippen molar-refractivity contribution in [2.45, 2.75) is 12.1 Å². The van der Waals surface area contributed by atoms with E-state index in [0.29, 0.717) is 5.56 Å². The number of nitrogens with zero attached hydrogens (tertiary/aromatic N) is 3. The van der Waals surface area contributed by atoms with Crippen LogP contribution < -0.4 is 0 Å². The average Bonchev–Trinajstić information content (AvgIpc) is 2.68. The van der Waals surface area contributed by atoms with Crippen LogP contribution in [0.5, 0.6) is 0 Å². The summed E-state index contributed by atoms with van der Waals surface area (Å²) in [6, 6.07) is -0.637. The van der Waals surface area contributed by atoms with Crippen LogP contribution in [0.3, 0.4) is 0 Å². The molecule has 92 valence electrons. The van der Waals surface area contributed by atoms with Crippen molar-refractivity contribution >= 4 is 11.9 Å². The van der Waals surface area contributed by atoms with Crippen LogP contribution in [0.4, 0.5) is 0 Å². The molecule has 0 spiro atoms. The second kappa shape index (κ2) is 4.17. The maximum atomic E-state index is 11.5. The zero-order valence-electron chi connectivity index (χ0n) is 9.53. The molecular formula is C10H13N3O4. The monoisotopic (exact) mass is 239 g/mol. The molecule has 7 heteroatoms. The fraction of sp³-hybridized carbons (Fsp3) is 0.500. The van der Waals surface area contributed by atoms with Crippen molar-refractivity contribution in [2.75, 3.05) is 13.7 Å². The molecule has 1 amide bonds. The summed E-state index contributed by atoms with van der Waals surface area (Å²) in [6.07, 6.45) is 2.17. The summed E-state index contributed by atoms with van der Waals surface area (Å²) < 4.78 is 6.63. The highest BCUT2D eigenvalue weighted by Crippen LogP contribution is 2.28. The molecule has 1 saturated heterocycles. The first-order valence-electron chi connectivity index (χ1n) is 5.09. The lowest BCUT2D eigenvalue weighted by Gasteiger charge is -2.36. The van der Waals surface area contributed by atoms with Crippen LogP contribution in [0.1, 0.15) is 11.6 Å². The first-order valence-corrected chi connectivity index (χ1v) is 5.09. The van der Waals surface area contributed by atoms with E-state index < -0.39 is 18.1 Å². The molecule has 17 heavy (non-hydrogen) atoms. The summed E-state index contributed by atoms with van der Waals surface area (Å²) >= 11 is 0. The standard InChI is InChI=1S/C10H13N3O4/c1-12-4-6(3-11-12)8-9(10(15)16)17-5-7(14)13(8)2/h3-4,8-9H,5H2,1-2H3,(H,15,16)/t8-,9-/m1/s1. The summed E-state index contributed by atoms with van der Waals surface area (Å²) in [5, 5.41) is 13.1. The van der Waals surface area contributed by atoms with Crippen LogP contribution in [-0.4, -0.2) is 51.4 Å². The van der Waals surface area contributed by atoms with Crippen LogP contribution >= 0.6 is 0 Å². The predicted molar refractivity (Wildman–Crippen MR) is 56.1 cm³/mol. The van der Waals surface area contributed by atoms with Crippen molar-refractivity contribution in [2.24, 2.45) is 7.05 Å². The maximum Gasteiger partial charge on any atom is 0.335 e. The van der Waals surface area contributed by atoms with Gasteiger partial charge >= 0.3 is 5.97 Å². The van der Waals surface area contributed by atoms with Gasteiger partial charge in [0, 0.05) is 25.9 Å². The van der Waals surface area contributed by atoms with E-state index in [1.54, 1.807) is 31.2 Å². The van der Waals surface area contributed by atoms with E-state index in [9.17, 15) is 9.59 Å². The first-order chi connectivity index (χ1) is 8.00.